The van der Waals surface area contributed by atoms with Crippen LogP contribution in [0, 0.1) is 0 Å². The van der Waals surface area contributed by atoms with Crippen molar-refractivity contribution >= 4 is 5.69 Å². The Morgan fingerprint density at radius 2 is 1.96 bits per heavy atom. The molecular formula is C21H30N6. The van der Waals surface area contributed by atoms with Gasteiger partial charge >= 0.3 is 0 Å². The van der Waals surface area contributed by atoms with E-state index in [0.717, 1.165) is 24.5 Å². The summed E-state index contributed by atoms with van der Waals surface area (Å²) >= 11 is 0. The number of likely N-dealkylation sites (tertiary alicyclic amines) is 2. The van der Waals surface area contributed by atoms with Gasteiger partial charge in [0.15, 0.2) is 0 Å². The van der Waals surface area contributed by atoms with Crippen molar-refractivity contribution in [3.05, 3.63) is 35.7 Å². The lowest BCUT2D eigenvalue weighted by molar-refractivity contribution is 0.252. The standard InChI is InChI=1S/C21H30N6/c1-4-21-9-12-24(2)20(21)25(3)19-8-7-17(13-18(19)21)27-15-16(22-23-27)14-26-10-5-6-11-26/h7-8,13,15,20H,4-6,9-12,14H2,1-3H3/t20-,21+/m1/s1. The summed E-state index contributed by atoms with van der Waals surface area (Å²) in [4.78, 5) is 7.44. The molecule has 2 atom stereocenters. The van der Waals surface area contributed by atoms with Crippen LogP contribution in [0.2, 0.25) is 0 Å². The lowest BCUT2D eigenvalue weighted by Gasteiger charge is -2.34. The van der Waals surface area contributed by atoms with Gasteiger partial charge in [-0.1, -0.05) is 12.1 Å². The first-order chi connectivity index (χ1) is 13.1. The smallest absolute Gasteiger partial charge is 0.0971 e. The lowest BCUT2D eigenvalue weighted by atomic mass is 9.77. The van der Waals surface area contributed by atoms with Crippen LogP contribution in [0.5, 0.6) is 0 Å². The van der Waals surface area contributed by atoms with Crippen molar-refractivity contribution in [2.45, 2.75) is 50.7 Å². The molecule has 3 aliphatic heterocycles. The molecule has 27 heavy (non-hydrogen) atoms. The Morgan fingerprint density at radius 3 is 2.74 bits per heavy atom. The minimum absolute atomic E-state index is 0.230. The third kappa shape index (κ3) is 2.53. The molecule has 1 aromatic carbocycles. The highest BCUT2D eigenvalue weighted by Gasteiger charge is 2.54. The second-order valence-corrected chi connectivity index (χ2v) is 8.56. The van der Waals surface area contributed by atoms with Crippen LogP contribution >= 0.6 is 0 Å². The SMILES string of the molecule is CC[C@@]12CCN(C)[C@@H]1N(C)c1ccc(-n3cc(CN4CCCC4)nn3)cc12. The Balaban J connectivity index is 1.47. The van der Waals surface area contributed by atoms with E-state index in [1.165, 1.54) is 50.0 Å². The van der Waals surface area contributed by atoms with E-state index in [-0.39, 0.29) is 5.41 Å². The number of aromatic nitrogens is 3. The second-order valence-electron chi connectivity index (χ2n) is 8.56. The number of hydrogen-bond acceptors (Lipinski definition) is 5. The third-order valence-corrected chi connectivity index (χ3v) is 7.11. The van der Waals surface area contributed by atoms with Crippen molar-refractivity contribution in [1.29, 1.82) is 0 Å². The Morgan fingerprint density at radius 1 is 1.15 bits per heavy atom. The number of hydrogen-bond donors (Lipinski definition) is 0. The Kier molecular flexibility index (Phi) is 4.02. The van der Waals surface area contributed by atoms with Crippen LogP contribution < -0.4 is 4.90 Å². The molecule has 0 spiro atoms. The molecule has 0 unspecified atom stereocenters. The highest BCUT2D eigenvalue weighted by atomic mass is 15.4. The molecule has 0 bridgehead atoms. The Hall–Kier alpha value is -1.92. The maximum Gasteiger partial charge on any atom is 0.0971 e. The normalized spacial score (nSPS) is 28.1. The van der Waals surface area contributed by atoms with Gasteiger partial charge in [0.1, 0.15) is 0 Å². The molecule has 0 radical (unpaired) electrons. The predicted octanol–water partition coefficient (Wildman–Crippen LogP) is 2.62. The predicted molar refractivity (Wildman–Crippen MR) is 107 cm³/mol. The van der Waals surface area contributed by atoms with Gasteiger partial charge in [0, 0.05) is 31.2 Å². The quantitative estimate of drug-likeness (QED) is 0.832. The molecule has 2 saturated heterocycles. The molecule has 4 heterocycles. The summed E-state index contributed by atoms with van der Waals surface area (Å²) in [5, 5.41) is 8.87. The lowest BCUT2D eigenvalue weighted by Crippen LogP contribution is -2.46. The van der Waals surface area contributed by atoms with Crippen molar-refractivity contribution in [3.63, 3.8) is 0 Å². The highest BCUT2D eigenvalue weighted by molar-refractivity contribution is 5.67. The number of fused-ring (bicyclic) bond motifs is 3. The van der Waals surface area contributed by atoms with Crippen LogP contribution in [0.1, 0.15) is 43.9 Å². The molecule has 0 aliphatic carbocycles. The molecule has 0 saturated carbocycles. The number of likely N-dealkylation sites (N-methyl/N-ethyl adjacent to an activating group) is 2. The molecule has 0 amide bonds. The zero-order chi connectivity index (χ0) is 18.6. The molecule has 0 N–H and O–H groups in total. The number of anilines is 1. The van der Waals surface area contributed by atoms with Crippen molar-refractivity contribution in [3.8, 4) is 5.69 Å². The minimum Gasteiger partial charge on any atom is -0.358 e. The van der Waals surface area contributed by atoms with Gasteiger partial charge in [-0.3, -0.25) is 9.80 Å². The number of nitrogens with zero attached hydrogens (tertiary/aromatic N) is 6. The Bertz CT molecular complexity index is 839. The molecule has 144 valence electrons. The molecule has 1 aromatic heterocycles. The number of rotatable bonds is 4. The third-order valence-electron chi connectivity index (χ3n) is 7.11. The van der Waals surface area contributed by atoms with E-state index >= 15 is 0 Å². The van der Waals surface area contributed by atoms with Gasteiger partial charge in [-0.15, -0.1) is 5.10 Å². The van der Waals surface area contributed by atoms with Crippen LogP contribution in [-0.2, 0) is 12.0 Å². The summed E-state index contributed by atoms with van der Waals surface area (Å²) in [6.45, 7) is 6.79. The summed E-state index contributed by atoms with van der Waals surface area (Å²) in [5.74, 6) is 0. The fourth-order valence-corrected chi connectivity index (χ4v) is 5.71. The molecule has 6 nitrogen and oxygen atoms in total. The second kappa shape index (κ2) is 6.31. The summed E-state index contributed by atoms with van der Waals surface area (Å²) in [6.07, 6.45) is 7.58. The fourth-order valence-electron chi connectivity index (χ4n) is 5.71. The van der Waals surface area contributed by atoms with Crippen LogP contribution in [0.4, 0.5) is 5.69 Å². The van der Waals surface area contributed by atoms with Crippen LogP contribution in [0.15, 0.2) is 24.4 Å². The van der Waals surface area contributed by atoms with Gasteiger partial charge in [0.05, 0.1) is 23.7 Å². The van der Waals surface area contributed by atoms with Crippen molar-refractivity contribution < 1.29 is 0 Å². The van der Waals surface area contributed by atoms with Gasteiger partial charge in [0.2, 0.25) is 0 Å². The number of benzene rings is 1. The van der Waals surface area contributed by atoms with Crippen molar-refractivity contribution in [2.75, 3.05) is 38.6 Å². The molecule has 3 aliphatic rings. The van der Waals surface area contributed by atoms with Gasteiger partial charge < -0.3 is 4.90 Å². The zero-order valence-electron chi connectivity index (χ0n) is 16.7. The fraction of sp³-hybridized carbons (Fsp3) is 0.619. The van der Waals surface area contributed by atoms with Gasteiger partial charge in [-0.2, -0.15) is 0 Å². The average molecular weight is 367 g/mol. The summed E-state index contributed by atoms with van der Waals surface area (Å²) in [6, 6.07) is 6.83. The van der Waals surface area contributed by atoms with E-state index in [1.807, 2.05) is 4.68 Å². The largest absolute Gasteiger partial charge is 0.358 e. The summed E-state index contributed by atoms with van der Waals surface area (Å²) in [7, 11) is 4.50. The van der Waals surface area contributed by atoms with Crippen molar-refractivity contribution in [1.82, 2.24) is 24.8 Å². The van der Waals surface area contributed by atoms with Crippen molar-refractivity contribution in [2.24, 2.45) is 0 Å². The first-order valence-electron chi connectivity index (χ1n) is 10.3. The molecule has 2 aromatic rings. The van der Waals surface area contributed by atoms with E-state index in [2.05, 4.69) is 70.4 Å². The molecule has 2 fully saturated rings. The van der Waals surface area contributed by atoms with Gasteiger partial charge in [-0.05, 0) is 69.6 Å². The highest BCUT2D eigenvalue weighted by Crippen LogP contribution is 2.53. The van der Waals surface area contributed by atoms with E-state index in [9.17, 15) is 0 Å². The molecule has 5 rings (SSSR count). The van der Waals surface area contributed by atoms with Crippen LogP contribution in [0.3, 0.4) is 0 Å². The van der Waals surface area contributed by atoms with E-state index in [1.54, 1.807) is 0 Å². The first-order valence-corrected chi connectivity index (χ1v) is 10.3. The summed E-state index contributed by atoms with van der Waals surface area (Å²) < 4.78 is 1.96. The maximum absolute atomic E-state index is 4.44. The topological polar surface area (TPSA) is 40.4 Å². The van der Waals surface area contributed by atoms with Crippen LogP contribution in [0.25, 0.3) is 5.69 Å². The Labute approximate surface area is 161 Å². The first kappa shape index (κ1) is 17.2. The molecule has 6 heteroatoms. The monoisotopic (exact) mass is 366 g/mol. The minimum atomic E-state index is 0.230. The van der Waals surface area contributed by atoms with E-state index < -0.39 is 0 Å². The average Bonchev–Trinajstić information content (AvgIpc) is 3.44. The zero-order valence-corrected chi connectivity index (χ0v) is 16.7. The van der Waals surface area contributed by atoms with Crippen LogP contribution in [-0.4, -0.2) is 64.7 Å². The van der Waals surface area contributed by atoms with Gasteiger partial charge in [0.25, 0.3) is 0 Å². The van der Waals surface area contributed by atoms with E-state index in [0.29, 0.717) is 6.17 Å². The maximum atomic E-state index is 4.44. The van der Waals surface area contributed by atoms with Gasteiger partial charge in [-0.25, -0.2) is 4.68 Å². The summed E-state index contributed by atoms with van der Waals surface area (Å²) in [5.41, 5.74) is 5.28. The molecular weight excluding hydrogens is 336 g/mol. The van der Waals surface area contributed by atoms with E-state index in [4.69, 9.17) is 0 Å².